The van der Waals surface area contributed by atoms with Crippen LogP contribution in [0.25, 0.3) is 16.9 Å². The topological polar surface area (TPSA) is 115 Å². The van der Waals surface area contributed by atoms with Gasteiger partial charge in [-0.15, -0.1) is 5.10 Å². The van der Waals surface area contributed by atoms with E-state index in [0.29, 0.717) is 17.4 Å². The summed E-state index contributed by atoms with van der Waals surface area (Å²) >= 11 is 0. The summed E-state index contributed by atoms with van der Waals surface area (Å²) in [5, 5.41) is 7.58. The number of aromatic nitrogens is 4. The number of nitrogens with two attached hydrogens (primary N) is 1. The van der Waals surface area contributed by atoms with Crippen molar-refractivity contribution in [1.29, 1.82) is 0 Å². The maximum absolute atomic E-state index is 11.9. The van der Waals surface area contributed by atoms with E-state index in [1.165, 1.54) is 6.26 Å². The molecule has 0 fully saturated rings. The lowest BCUT2D eigenvalue weighted by Gasteiger charge is -2.06. The molecule has 27 heavy (non-hydrogen) atoms. The van der Waals surface area contributed by atoms with Gasteiger partial charge in [0.05, 0.1) is 10.6 Å². The Labute approximate surface area is 155 Å². The van der Waals surface area contributed by atoms with Gasteiger partial charge in [0.25, 0.3) is 0 Å². The highest BCUT2D eigenvalue weighted by atomic mass is 32.2. The van der Waals surface area contributed by atoms with Gasteiger partial charge in [0, 0.05) is 29.8 Å². The molecule has 4 aromatic rings. The first-order valence-electron chi connectivity index (χ1n) is 8.05. The van der Waals surface area contributed by atoms with Crippen LogP contribution in [0.1, 0.15) is 0 Å². The summed E-state index contributed by atoms with van der Waals surface area (Å²) in [6, 6.07) is 15.7. The number of hydrogen-bond acceptors (Lipinski definition) is 7. The number of rotatable bonds is 4. The first-order valence-corrected chi connectivity index (χ1v) is 9.94. The van der Waals surface area contributed by atoms with Crippen LogP contribution in [0, 0.1) is 0 Å². The molecule has 0 aliphatic carbocycles. The molecule has 0 atom stereocenters. The SMILES string of the molecule is CS(=O)(=O)c1cccc(-c2cccc3nc(Nc4ccnc(N)c4)nn23)c1. The van der Waals surface area contributed by atoms with E-state index in [-0.39, 0.29) is 4.90 Å². The summed E-state index contributed by atoms with van der Waals surface area (Å²) in [5.41, 5.74) is 8.50. The number of benzene rings is 1. The zero-order valence-electron chi connectivity index (χ0n) is 14.4. The van der Waals surface area contributed by atoms with Crippen LogP contribution in [0.5, 0.6) is 0 Å². The van der Waals surface area contributed by atoms with Crippen LogP contribution < -0.4 is 11.1 Å². The van der Waals surface area contributed by atoms with E-state index in [0.717, 1.165) is 16.9 Å². The predicted molar refractivity (Wildman–Crippen MR) is 103 cm³/mol. The Kier molecular flexibility index (Phi) is 4.00. The number of nitrogen functional groups attached to an aromatic ring is 1. The Bertz CT molecular complexity index is 1250. The van der Waals surface area contributed by atoms with Gasteiger partial charge < -0.3 is 11.1 Å². The third kappa shape index (κ3) is 3.44. The number of nitrogens with zero attached hydrogens (tertiary/aromatic N) is 4. The minimum absolute atomic E-state index is 0.253. The summed E-state index contributed by atoms with van der Waals surface area (Å²) in [7, 11) is -3.30. The van der Waals surface area contributed by atoms with Crippen LogP contribution in [0.2, 0.25) is 0 Å². The average Bonchev–Trinajstić information content (AvgIpc) is 3.03. The number of hydrogen-bond donors (Lipinski definition) is 2. The summed E-state index contributed by atoms with van der Waals surface area (Å²) in [5.74, 6) is 0.786. The molecule has 136 valence electrons. The quantitative estimate of drug-likeness (QED) is 0.559. The third-order valence-corrected chi connectivity index (χ3v) is 5.07. The summed E-state index contributed by atoms with van der Waals surface area (Å²) in [6.45, 7) is 0. The van der Waals surface area contributed by atoms with Crippen molar-refractivity contribution in [1.82, 2.24) is 19.6 Å². The van der Waals surface area contributed by atoms with Crippen molar-refractivity contribution < 1.29 is 8.42 Å². The third-order valence-electron chi connectivity index (χ3n) is 3.95. The average molecular weight is 380 g/mol. The van der Waals surface area contributed by atoms with E-state index in [1.54, 1.807) is 41.0 Å². The molecule has 0 saturated carbocycles. The van der Waals surface area contributed by atoms with Crippen LogP contribution in [-0.2, 0) is 9.84 Å². The molecule has 0 unspecified atom stereocenters. The van der Waals surface area contributed by atoms with E-state index < -0.39 is 9.84 Å². The molecule has 0 spiro atoms. The van der Waals surface area contributed by atoms with E-state index in [4.69, 9.17) is 5.73 Å². The predicted octanol–water partition coefficient (Wildman–Crippen LogP) is 2.52. The number of nitrogens with one attached hydrogen (secondary N) is 1. The monoisotopic (exact) mass is 380 g/mol. The molecule has 0 bridgehead atoms. The number of fused-ring (bicyclic) bond motifs is 1. The largest absolute Gasteiger partial charge is 0.384 e. The first-order chi connectivity index (χ1) is 12.9. The number of anilines is 3. The van der Waals surface area contributed by atoms with Gasteiger partial charge in [-0.2, -0.15) is 4.98 Å². The van der Waals surface area contributed by atoms with Crippen molar-refractivity contribution in [3.8, 4) is 11.3 Å². The van der Waals surface area contributed by atoms with Crippen molar-refractivity contribution >= 4 is 32.9 Å². The van der Waals surface area contributed by atoms with Gasteiger partial charge in [-0.3, -0.25) is 0 Å². The van der Waals surface area contributed by atoms with E-state index in [1.807, 2.05) is 24.3 Å². The minimum Gasteiger partial charge on any atom is -0.384 e. The van der Waals surface area contributed by atoms with E-state index in [9.17, 15) is 8.42 Å². The molecule has 3 N–H and O–H groups in total. The number of pyridine rings is 2. The van der Waals surface area contributed by atoms with Crippen LogP contribution in [0.15, 0.2) is 65.7 Å². The lowest BCUT2D eigenvalue weighted by Crippen LogP contribution is -1.99. The van der Waals surface area contributed by atoms with Crippen molar-refractivity contribution in [2.24, 2.45) is 0 Å². The van der Waals surface area contributed by atoms with Crippen molar-refractivity contribution in [3.05, 3.63) is 60.8 Å². The summed E-state index contributed by atoms with van der Waals surface area (Å²) in [6.07, 6.45) is 2.78. The van der Waals surface area contributed by atoms with Gasteiger partial charge >= 0.3 is 0 Å². The highest BCUT2D eigenvalue weighted by molar-refractivity contribution is 7.90. The molecule has 8 nitrogen and oxygen atoms in total. The molecule has 9 heteroatoms. The van der Waals surface area contributed by atoms with Crippen molar-refractivity contribution in [2.75, 3.05) is 17.3 Å². The van der Waals surface area contributed by atoms with E-state index >= 15 is 0 Å². The molecular formula is C18H16N6O2S. The molecule has 0 aliphatic rings. The van der Waals surface area contributed by atoms with Crippen LogP contribution in [0.4, 0.5) is 17.5 Å². The Morgan fingerprint density at radius 3 is 2.67 bits per heavy atom. The molecule has 0 aliphatic heterocycles. The molecule has 1 aromatic carbocycles. The summed E-state index contributed by atoms with van der Waals surface area (Å²) < 4.78 is 25.4. The lowest BCUT2D eigenvalue weighted by molar-refractivity contribution is 0.602. The maximum Gasteiger partial charge on any atom is 0.247 e. The molecule has 0 amide bonds. The second-order valence-corrected chi connectivity index (χ2v) is 8.03. The lowest BCUT2D eigenvalue weighted by atomic mass is 10.1. The Morgan fingerprint density at radius 2 is 1.89 bits per heavy atom. The normalized spacial score (nSPS) is 11.6. The molecule has 3 heterocycles. The molecule has 4 rings (SSSR count). The Morgan fingerprint density at radius 1 is 1.07 bits per heavy atom. The highest BCUT2D eigenvalue weighted by Crippen LogP contribution is 2.24. The molecule has 0 radical (unpaired) electrons. The molecule has 0 saturated heterocycles. The number of sulfone groups is 1. The maximum atomic E-state index is 11.9. The second-order valence-electron chi connectivity index (χ2n) is 6.01. The van der Waals surface area contributed by atoms with E-state index in [2.05, 4.69) is 20.4 Å². The molecular weight excluding hydrogens is 364 g/mol. The highest BCUT2D eigenvalue weighted by Gasteiger charge is 2.12. The zero-order valence-corrected chi connectivity index (χ0v) is 15.2. The smallest absolute Gasteiger partial charge is 0.247 e. The van der Waals surface area contributed by atoms with Gasteiger partial charge in [0.15, 0.2) is 15.5 Å². The molecule has 3 aromatic heterocycles. The van der Waals surface area contributed by atoms with Crippen LogP contribution >= 0.6 is 0 Å². The fraction of sp³-hybridized carbons (Fsp3) is 0.0556. The fourth-order valence-electron chi connectivity index (χ4n) is 2.72. The minimum atomic E-state index is -3.30. The standard InChI is InChI=1S/C18H16N6O2S/c1-27(25,26)14-5-2-4-12(10-14)15-6-3-7-17-22-18(23-24(15)17)21-13-8-9-20-16(19)11-13/h2-11H,1H3,(H3,19,20,21,23). The van der Waals surface area contributed by atoms with Gasteiger partial charge in [-0.1, -0.05) is 18.2 Å². The van der Waals surface area contributed by atoms with Gasteiger partial charge in [-0.05, 0) is 30.3 Å². The van der Waals surface area contributed by atoms with Crippen molar-refractivity contribution in [2.45, 2.75) is 4.90 Å². The second kappa shape index (κ2) is 6.36. The Hall–Kier alpha value is -3.46. The zero-order chi connectivity index (χ0) is 19.0. The fourth-order valence-corrected chi connectivity index (χ4v) is 3.38. The first kappa shape index (κ1) is 17.0. The summed E-state index contributed by atoms with van der Waals surface area (Å²) in [4.78, 5) is 8.66. The van der Waals surface area contributed by atoms with Crippen LogP contribution in [0.3, 0.4) is 0 Å². The van der Waals surface area contributed by atoms with Gasteiger partial charge in [0.2, 0.25) is 5.95 Å². The van der Waals surface area contributed by atoms with Gasteiger partial charge in [-0.25, -0.2) is 17.9 Å². The van der Waals surface area contributed by atoms with Crippen LogP contribution in [-0.4, -0.2) is 34.3 Å². The van der Waals surface area contributed by atoms with Crippen molar-refractivity contribution in [3.63, 3.8) is 0 Å². The van der Waals surface area contributed by atoms with Gasteiger partial charge in [0.1, 0.15) is 5.82 Å². The Balaban J connectivity index is 1.78.